The third-order valence-corrected chi connectivity index (χ3v) is 1.20. The summed E-state index contributed by atoms with van der Waals surface area (Å²) in [7, 11) is 0. The lowest BCUT2D eigenvalue weighted by atomic mass is 10.2. The summed E-state index contributed by atoms with van der Waals surface area (Å²) < 4.78 is 4.78. The van der Waals surface area contributed by atoms with Crippen LogP contribution in [0.5, 0.6) is 0 Å². The van der Waals surface area contributed by atoms with Gasteiger partial charge in [0.15, 0.2) is 0 Å². The van der Waals surface area contributed by atoms with E-state index in [1.165, 1.54) is 0 Å². The van der Waals surface area contributed by atoms with Crippen molar-refractivity contribution in [3.05, 3.63) is 24.2 Å². The summed E-state index contributed by atoms with van der Waals surface area (Å²) in [4.78, 5) is 0. The first kappa shape index (κ1) is 6.91. The molecule has 1 atom stereocenters. The van der Waals surface area contributed by atoms with Gasteiger partial charge in [0.1, 0.15) is 6.10 Å². The Bertz CT molecular complexity index is 218. The van der Waals surface area contributed by atoms with Crippen LogP contribution in [-0.4, -0.2) is 11.2 Å². The van der Waals surface area contributed by atoms with Gasteiger partial charge in [-0.2, -0.15) is 0 Å². The second-order valence-corrected chi connectivity index (χ2v) is 2.02. The lowest BCUT2D eigenvalue weighted by Crippen LogP contribution is -2.05. The predicted molar refractivity (Wildman–Crippen MR) is 37.3 cm³/mol. The molecule has 0 aliphatic heterocycles. The molecule has 0 saturated carbocycles. The van der Waals surface area contributed by atoms with E-state index >= 15 is 0 Å². The molecule has 1 rings (SSSR count). The van der Waals surface area contributed by atoms with E-state index in [-0.39, 0.29) is 0 Å². The first-order valence-electron chi connectivity index (χ1n) is 2.98. The molecule has 2 heteroatoms. The van der Waals surface area contributed by atoms with Gasteiger partial charge in [-0.1, -0.05) is 5.92 Å². The third kappa shape index (κ3) is 1.64. The Hall–Kier alpha value is -1.20. The number of hydrogen-bond donors (Lipinski definition) is 1. The average molecular weight is 136 g/mol. The third-order valence-electron chi connectivity index (χ3n) is 1.20. The maximum absolute atomic E-state index is 8.95. The molecular formula is C8H8O2. The number of aliphatic hydroxyl groups is 1. The van der Waals surface area contributed by atoms with Gasteiger partial charge < -0.3 is 9.52 Å². The summed E-state index contributed by atoms with van der Waals surface area (Å²) in [6, 6.07) is 1.78. The van der Waals surface area contributed by atoms with E-state index in [0.29, 0.717) is 6.42 Å². The average Bonchev–Trinajstić information content (AvgIpc) is 2.40. The molecule has 1 aromatic heterocycles. The van der Waals surface area contributed by atoms with Crippen LogP contribution in [-0.2, 0) is 6.42 Å². The molecule has 0 aromatic carbocycles. The zero-order valence-corrected chi connectivity index (χ0v) is 5.45. The van der Waals surface area contributed by atoms with Crippen LogP contribution in [0.15, 0.2) is 23.0 Å². The van der Waals surface area contributed by atoms with Gasteiger partial charge in [0.25, 0.3) is 0 Å². The van der Waals surface area contributed by atoms with E-state index in [1.54, 1.807) is 18.6 Å². The van der Waals surface area contributed by atoms with Gasteiger partial charge in [0.05, 0.1) is 12.5 Å². The topological polar surface area (TPSA) is 33.4 Å². The Morgan fingerprint density at radius 2 is 2.60 bits per heavy atom. The first-order chi connectivity index (χ1) is 4.83. The molecule has 0 saturated heterocycles. The number of aliphatic hydroxyl groups excluding tert-OH is 1. The van der Waals surface area contributed by atoms with Gasteiger partial charge in [0.2, 0.25) is 0 Å². The Morgan fingerprint density at radius 3 is 3.10 bits per heavy atom. The van der Waals surface area contributed by atoms with Crippen molar-refractivity contribution >= 4 is 0 Å². The van der Waals surface area contributed by atoms with Crippen LogP contribution >= 0.6 is 0 Å². The van der Waals surface area contributed by atoms with Crippen LogP contribution < -0.4 is 0 Å². The number of rotatable bonds is 2. The van der Waals surface area contributed by atoms with E-state index in [0.717, 1.165) is 5.56 Å². The van der Waals surface area contributed by atoms with Crippen LogP contribution in [0.25, 0.3) is 0 Å². The lowest BCUT2D eigenvalue weighted by Gasteiger charge is -1.97. The minimum atomic E-state index is -0.697. The fourth-order valence-corrected chi connectivity index (χ4v) is 0.691. The molecule has 1 heterocycles. The Labute approximate surface area is 59.5 Å². The molecule has 0 radical (unpaired) electrons. The van der Waals surface area contributed by atoms with Crippen LogP contribution in [0, 0.1) is 12.3 Å². The van der Waals surface area contributed by atoms with Crippen molar-refractivity contribution in [2.24, 2.45) is 0 Å². The molecular weight excluding hydrogens is 128 g/mol. The summed E-state index contributed by atoms with van der Waals surface area (Å²) in [5.41, 5.74) is 0.922. The van der Waals surface area contributed by atoms with Crippen LogP contribution in [0.4, 0.5) is 0 Å². The smallest absolute Gasteiger partial charge is 0.118 e. The highest BCUT2D eigenvalue weighted by molar-refractivity contribution is 5.10. The van der Waals surface area contributed by atoms with Crippen molar-refractivity contribution in [1.29, 1.82) is 0 Å². The molecule has 0 spiro atoms. The molecule has 0 aliphatic carbocycles. The second kappa shape index (κ2) is 3.09. The van der Waals surface area contributed by atoms with E-state index < -0.39 is 6.10 Å². The summed E-state index contributed by atoms with van der Waals surface area (Å²) >= 11 is 0. The fourth-order valence-electron chi connectivity index (χ4n) is 0.691. The van der Waals surface area contributed by atoms with Crippen LogP contribution in [0.1, 0.15) is 5.56 Å². The van der Waals surface area contributed by atoms with Gasteiger partial charge in [-0.15, -0.1) is 6.42 Å². The van der Waals surface area contributed by atoms with E-state index in [1.807, 2.05) is 0 Å². The maximum atomic E-state index is 8.95. The number of furan rings is 1. The van der Waals surface area contributed by atoms with Crippen LogP contribution in [0.2, 0.25) is 0 Å². The SMILES string of the molecule is C#CC(O)Cc1ccoc1. The van der Waals surface area contributed by atoms with Crippen molar-refractivity contribution in [3.63, 3.8) is 0 Å². The van der Waals surface area contributed by atoms with Crippen molar-refractivity contribution in [1.82, 2.24) is 0 Å². The van der Waals surface area contributed by atoms with E-state index in [2.05, 4.69) is 5.92 Å². The predicted octanol–water partition coefficient (Wildman–Crippen LogP) is 0.816. The highest BCUT2D eigenvalue weighted by Crippen LogP contribution is 2.02. The molecule has 0 aliphatic rings. The fraction of sp³-hybridized carbons (Fsp3) is 0.250. The quantitative estimate of drug-likeness (QED) is 0.610. The highest BCUT2D eigenvalue weighted by atomic mass is 16.3. The summed E-state index contributed by atoms with van der Waals surface area (Å²) in [6.07, 6.45) is 7.85. The Balaban J connectivity index is 2.50. The minimum absolute atomic E-state index is 0.465. The summed E-state index contributed by atoms with van der Waals surface area (Å²) in [5.74, 6) is 2.22. The summed E-state index contributed by atoms with van der Waals surface area (Å²) in [5, 5.41) is 8.95. The zero-order chi connectivity index (χ0) is 7.40. The largest absolute Gasteiger partial charge is 0.472 e. The molecule has 0 amide bonds. The Kier molecular flexibility index (Phi) is 2.14. The standard InChI is InChI=1S/C8H8O2/c1-2-8(9)5-7-3-4-10-6-7/h1,3-4,6,8-9H,5H2. The van der Waals surface area contributed by atoms with Crippen molar-refractivity contribution in [2.45, 2.75) is 12.5 Å². The molecule has 1 unspecified atom stereocenters. The molecule has 1 N–H and O–H groups in total. The molecule has 1 aromatic rings. The minimum Gasteiger partial charge on any atom is -0.472 e. The maximum Gasteiger partial charge on any atom is 0.118 e. The van der Waals surface area contributed by atoms with Gasteiger partial charge >= 0.3 is 0 Å². The number of hydrogen-bond acceptors (Lipinski definition) is 2. The van der Waals surface area contributed by atoms with Crippen molar-refractivity contribution in [3.8, 4) is 12.3 Å². The first-order valence-corrected chi connectivity index (χ1v) is 2.98. The zero-order valence-electron chi connectivity index (χ0n) is 5.45. The monoisotopic (exact) mass is 136 g/mol. The summed E-state index contributed by atoms with van der Waals surface area (Å²) in [6.45, 7) is 0. The van der Waals surface area contributed by atoms with Gasteiger partial charge in [-0.25, -0.2) is 0 Å². The van der Waals surface area contributed by atoms with Gasteiger partial charge in [-0.3, -0.25) is 0 Å². The van der Waals surface area contributed by atoms with Crippen molar-refractivity contribution in [2.75, 3.05) is 0 Å². The van der Waals surface area contributed by atoms with E-state index in [4.69, 9.17) is 15.9 Å². The number of terminal acetylenes is 1. The highest BCUT2D eigenvalue weighted by Gasteiger charge is 2.00. The lowest BCUT2D eigenvalue weighted by molar-refractivity contribution is 0.233. The van der Waals surface area contributed by atoms with Crippen LogP contribution in [0.3, 0.4) is 0 Å². The van der Waals surface area contributed by atoms with Gasteiger partial charge in [0, 0.05) is 6.42 Å². The molecule has 52 valence electrons. The van der Waals surface area contributed by atoms with Crippen molar-refractivity contribution < 1.29 is 9.52 Å². The van der Waals surface area contributed by atoms with E-state index in [9.17, 15) is 0 Å². The van der Waals surface area contributed by atoms with Gasteiger partial charge in [-0.05, 0) is 11.6 Å². The molecule has 0 bridgehead atoms. The molecule has 10 heavy (non-hydrogen) atoms. The second-order valence-electron chi connectivity index (χ2n) is 2.02. The molecule has 0 fully saturated rings. The normalized spacial score (nSPS) is 12.4. The Morgan fingerprint density at radius 1 is 1.80 bits per heavy atom. The molecule has 2 nitrogen and oxygen atoms in total.